The number of hydrogen-bond donors (Lipinski definition) is 2. The van der Waals surface area contributed by atoms with Gasteiger partial charge < -0.3 is 10.6 Å². The third kappa shape index (κ3) is 2.64. The number of nitrogens with zero attached hydrogens (tertiary/aromatic N) is 2. The fourth-order valence-electron chi connectivity index (χ4n) is 2.66. The third-order valence-corrected chi connectivity index (χ3v) is 4.64. The molecule has 1 atom stereocenters. The Morgan fingerprint density at radius 2 is 2.40 bits per heavy atom. The number of hydrogen-bond acceptors (Lipinski definition) is 5. The largest absolute Gasteiger partial charge is 0.393 e. The lowest BCUT2D eigenvalue weighted by Gasteiger charge is -2.34. The molecule has 2 N–H and O–H groups in total. The fraction of sp³-hybridized carbons (Fsp3) is 0.400. The smallest absolute Gasteiger partial charge is 0.0815 e. The summed E-state index contributed by atoms with van der Waals surface area (Å²) in [5.41, 5.74) is 5.62. The van der Waals surface area contributed by atoms with E-state index in [-0.39, 0.29) is 0 Å². The van der Waals surface area contributed by atoms with Crippen LogP contribution < -0.4 is 10.6 Å². The SMILES string of the molecule is CN/C=C1/CN(C(C)c2ccc3scnc3c2)CCN1. The second-order valence-corrected chi connectivity index (χ2v) is 6.00. The van der Waals surface area contributed by atoms with E-state index in [0.29, 0.717) is 6.04 Å². The van der Waals surface area contributed by atoms with Gasteiger partial charge in [0.15, 0.2) is 0 Å². The highest BCUT2D eigenvalue weighted by Crippen LogP contribution is 2.26. The number of benzene rings is 1. The van der Waals surface area contributed by atoms with Crippen LogP contribution >= 0.6 is 11.3 Å². The fourth-order valence-corrected chi connectivity index (χ4v) is 3.32. The second kappa shape index (κ2) is 5.81. The van der Waals surface area contributed by atoms with Crippen molar-refractivity contribution in [1.82, 2.24) is 20.5 Å². The Morgan fingerprint density at radius 1 is 1.50 bits per heavy atom. The molecule has 4 nitrogen and oxygen atoms in total. The molecule has 1 aromatic heterocycles. The van der Waals surface area contributed by atoms with Gasteiger partial charge in [0.1, 0.15) is 0 Å². The number of rotatable bonds is 3. The van der Waals surface area contributed by atoms with Gasteiger partial charge in [-0.15, -0.1) is 11.3 Å². The maximum absolute atomic E-state index is 4.42. The predicted molar refractivity (Wildman–Crippen MR) is 84.8 cm³/mol. The summed E-state index contributed by atoms with van der Waals surface area (Å²) in [5, 5.41) is 6.53. The Kier molecular flexibility index (Phi) is 3.89. The average Bonchev–Trinajstić information content (AvgIpc) is 2.94. The molecule has 20 heavy (non-hydrogen) atoms. The van der Waals surface area contributed by atoms with E-state index in [9.17, 15) is 0 Å². The molecule has 0 saturated carbocycles. The van der Waals surface area contributed by atoms with Crippen molar-refractivity contribution in [2.24, 2.45) is 0 Å². The van der Waals surface area contributed by atoms with E-state index < -0.39 is 0 Å². The van der Waals surface area contributed by atoms with Crippen LogP contribution in [0.25, 0.3) is 10.2 Å². The van der Waals surface area contributed by atoms with Crippen LogP contribution in [0.4, 0.5) is 0 Å². The first-order valence-electron chi connectivity index (χ1n) is 6.95. The summed E-state index contributed by atoms with van der Waals surface area (Å²) in [7, 11) is 1.94. The van der Waals surface area contributed by atoms with Crippen molar-refractivity contribution in [1.29, 1.82) is 0 Å². The van der Waals surface area contributed by atoms with Crippen LogP contribution in [0.1, 0.15) is 18.5 Å². The average molecular weight is 288 g/mol. The number of aromatic nitrogens is 1. The van der Waals surface area contributed by atoms with Gasteiger partial charge >= 0.3 is 0 Å². The standard InChI is InChI=1S/C15H20N4S/c1-11(19-6-5-17-13(9-19)8-16-2)12-3-4-15-14(7-12)18-10-20-15/h3-4,7-8,10-11,16-17H,5-6,9H2,1-2H3/b13-8-. The lowest BCUT2D eigenvalue weighted by Crippen LogP contribution is -2.43. The van der Waals surface area contributed by atoms with E-state index in [2.05, 4.69) is 45.6 Å². The first-order chi connectivity index (χ1) is 9.78. The maximum Gasteiger partial charge on any atom is 0.0815 e. The zero-order valence-corrected chi connectivity index (χ0v) is 12.7. The molecular formula is C15H20N4S. The summed E-state index contributed by atoms with van der Waals surface area (Å²) in [6.45, 7) is 5.29. The first-order valence-corrected chi connectivity index (χ1v) is 7.83. The number of fused-ring (bicyclic) bond motifs is 1. The minimum absolute atomic E-state index is 0.406. The molecule has 3 rings (SSSR count). The van der Waals surface area contributed by atoms with Gasteiger partial charge in [0.2, 0.25) is 0 Å². The molecule has 106 valence electrons. The van der Waals surface area contributed by atoms with Gasteiger partial charge in [0.25, 0.3) is 0 Å². The predicted octanol–water partition coefficient (Wildman–Crippen LogP) is 2.32. The summed E-state index contributed by atoms with van der Waals surface area (Å²) in [6, 6.07) is 7.04. The van der Waals surface area contributed by atoms with Crippen LogP contribution in [0.3, 0.4) is 0 Å². The molecule has 1 unspecified atom stereocenters. The molecule has 1 saturated heterocycles. The van der Waals surface area contributed by atoms with Crippen LogP contribution in [-0.4, -0.2) is 36.6 Å². The molecule has 0 radical (unpaired) electrons. The van der Waals surface area contributed by atoms with Crippen molar-refractivity contribution in [3.63, 3.8) is 0 Å². The molecule has 2 heterocycles. The van der Waals surface area contributed by atoms with Crippen molar-refractivity contribution >= 4 is 21.6 Å². The lowest BCUT2D eigenvalue weighted by molar-refractivity contribution is 0.206. The van der Waals surface area contributed by atoms with Crippen molar-refractivity contribution in [3.05, 3.63) is 41.2 Å². The molecule has 1 aromatic carbocycles. The Labute approximate surface area is 123 Å². The van der Waals surface area contributed by atoms with Crippen molar-refractivity contribution in [2.45, 2.75) is 13.0 Å². The highest BCUT2D eigenvalue weighted by atomic mass is 32.1. The minimum atomic E-state index is 0.406. The highest BCUT2D eigenvalue weighted by Gasteiger charge is 2.20. The summed E-state index contributed by atoms with van der Waals surface area (Å²) in [4.78, 5) is 6.91. The zero-order valence-electron chi connectivity index (χ0n) is 11.9. The molecule has 1 aliphatic heterocycles. The maximum atomic E-state index is 4.42. The Hall–Kier alpha value is -1.59. The number of piperazine rings is 1. The molecule has 2 aromatic rings. The van der Waals surface area contributed by atoms with E-state index in [4.69, 9.17) is 0 Å². The van der Waals surface area contributed by atoms with Gasteiger partial charge in [-0.2, -0.15) is 0 Å². The van der Waals surface area contributed by atoms with E-state index in [1.165, 1.54) is 16.0 Å². The summed E-state index contributed by atoms with van der Waals surface area (Å²) in [5.74, 6) is 0. The minimum Gasteiger partial charge on any atom is -0.393 e. The topological polar surface area (TPSA) is 40.2 Å². The highest BCUT2D eigenvalue weighted by molar-refractivity contribution is 7.16. The van der Waals surface area contributed by atoms with Gasteiger partial charge in [-0.1, -0.05) is 6.07 Å². The van der Waals surface area contributed by atoms with Crippen LogP contribution in [0.5, 0.6) is 0 Å². The molecule has 0 spiro atoms. The van der Waals surface area contributed by atoms with Crippen LogP contribution in [0.2, 0.25) is 0 Å². The van der Waals surface area contributed by atoms with Gasteiger partial charge in [0.05, 0.1) is 15.7 Å². The van der Waals surface area contributed by atoms with Crippen LogP contribution in [0, 0.1) is 0 Å². The first kappa shape index (κ1) is 13.4. The van der Waals surface area contributed by atoms with E-state index >= 15 is 0 Å². The quantitative estimate of drug-likeness (QED) is 0.909. The molecule has 1 aliphatic rings. The molecule has 0 bridgehead atoms. The van der Waals surface area contributed by atoms with Crippen molar-refractivity contribution in [3.8, 4) is 0 Å². The molecule has 1 fully saturated rings. The van der Waals surface area contributed by atoms with Gasteiger partial charge in [-0.3, -0.25) is 4.90 Å². The Bertz CT molecular complexity index is 619. The van der Waals surface area contributed by atoms with Gasteiger partial charge in [0, 0.05) is 44.6 Å². The molecule has 5 heteroatoms. The van der Waals surface area contributed by atoms with Crippen LogP contribution in [0.15, 0.2) is 35.6 Å². The molecular weight excluding hydrogens is 268 g/mol. The summed E-state index contributed by atoms with van der Waals surface area (Å²) in [6.07, 6.45) is 2.04. The number of nitrogens with one attached hydrogen (secondary N) is 2. The normalized spacial score (nSPS) is 20.0. The number of thiazole rings is 1. The van der Waals surface area contributed by atoms with E-state index in [0.717, 1.165) is 25.2 Å². The van der Waals surface area contributed by atoms with E-state index in [1.54, 1.807) is 11.3 Å². The Morgan fingerprint density at radius 3 is 3.25 bits per heavy atom. The van der Waals surface area contributed by atoms with Crippen LogP contribution in [-0.2, 0) is 0 Å². The van der Waals surface area contributed by atoms with Crippen molar-refractivity contribution in [2.75, 3.05) is 26.7 Å². The van der Waals surface area contributed by atoms with E-state index in [1.807, 2.05) is 18.8 Å². The second-order valence-electron chi connectivity index (χ2n) is 5.11. The summed E-state index contributed by atoms with van der Waals surface area (Å²) < 4.78 is 1.26. The Balaban J connectivity index is 1.80. The molecule has 0 aliphatic carbocycles. The van der Waals surface area contributed by atoms with Crippen molar-refractivity contribution < 1.29 is 0 Å². The third-order valence-electron chi connectivity index (χ3n) is 3.83. The molecule has 0 amide bonds. The van der Waals surface area contributed by atoms with Gasteiger partial charge in [-0.25, -0.2) is 4.98 Å². The monoisotopic (exact) mass is 288 g/mol. The zero-order chi connectivity index (χ0) is 13.9. The summed E-state index contributed by atoms with van der Waals surface area (Å²) >= 11 is 1.70. The van der Waals surface area contributed by atoms with Gasteiger partial charge in [-0.05, 0) is 24.6 Å². The lowest BCUT2D eigenvalue weighted by atomic mass is 10.1.